The number of hydrogen-bond donors (Lipinski definition) is 3. The van der Waals surface area contributed by atoms with Gasteiger partial charge in [-0.1, -0.05) is 20.8 Å². The van der Waals surface area contributed by atoms with Crippen LogP contribution >= 0.6 is 0 Å². The van der Waals surface area contributed by atoms with Crippen LogP contribution in [0.3, 0.4) is 0 Å². The van der Waals surface area contributed by atoms with E-state index in [1.807, 2.05) is 0 Å². The lowest BCUT2D eigenvalue weighted by Crippen LogP contribution is -2.50. The quantitative estimate of drug-likeness (QED) is 0.670. The number of rotatable bonds is 5. The van der Waals surface area contributed by atoms with Crippen molar-refractivity contribution in [2.45, 2.75) is 46.6 Å². The zero-order valence-electron chi connectivity index (χ0n) is 11.6. The van der Waals surface area contributed by atoms with Gasteiger partial charge in [0, 0.05) is 18.4 Å². The average molecular weight is 258 g/mol. The molecule has 3 N–H and O–H groups in total. The van der Waals surface area contributed by atoms with Crippen molar-refractivity contribution in [1.82, 2.24) is 10.6 Å². The maximum Gasteiger partial charge on any atom is 0.328 e. The van der Waals surface area contributed by atoms with Crippen molar-refractivity contribution in [3.8, 4) is 0 Å². The fourth-order valence-corrected chi connectivity index (χ4v) is 1.02. The molecule has 0 heterocycles. The molecule has 0 aromatic rings. The number of nitrogens with one attached hydrogen (secondary N) is 2. The molecule has 0 rings (SSSR count). The highest BCUT2D eigenvalue weighted by atomic mass is 16.4. The van der Waals surface area contributed by atoms with Gasteiger partial charge in [0.15, 0.2) is 0 Å². The highest BCUT2D eigenvalue weighted by Crippen LogP contribution is 2.12. The van der Waals surface area contributed by atoms with Crippen molar-refractivity contribution in [2.24, 2.45) is 5.41 Å². The van der Waals surface area contributed by atoms with Crippen LogP contribution in [0.1, 0.15) is 41.0 Å². The molecule has 0 aliphatic carbocycles. The number of carboxylic acid groups (broad SMARTS) is 1. The minimum Gasteiger partial charge on any atom is -0.480 e. The first-order valence-electron chi connectivity index (χ1n) is 5.79. The Labute approximate surface area is 107 Å². The summed E-state index contributed by atoms with van der Waals surface area (Å²) in [6, 6.07) is 0. The van der Waals surface area contributed by atoms with Crippen LogP contribution in [0.2, 0.25) is 0 Å². The van der Waals surface area contributed by atoms with Gasteiger partial charge in [0.05, 0.1) is 0 Å². The number of carboxylic acids is 1. The fraction of sp³-hybridized carbons (Fsp3) is 0.750. The summed E-state index contributed by atoms with van der Waals surface area (Å²) in [5, 5.41) is 13.8. The molecule has 0 radical (unpaired) electrons. The van der Waals surface area contributed by atoms with Crippen LogP contribution in [0.15, 0.2) is 0 Å². The van der Waals surface area contributed by atoms with E-state index < -0.39 is 22.8 Å². The first kappa shape index (κ1) is 16.4. The lowest BCUT2D eigenvalue weighted by molar-refractivity contribution is -0.146. The van der Waals surface area contributed by atoms with Gasteiger partial charge in [-0.15, -0.1) is 0 Å². The number of aliphatic carboxylic acids is 1. The van der Waals surface area contributed by atoms with E-state index in [-0.39, 0.29) is 18.9 Å². The predicted molar refractivity (Wildman–Crippen MR) is 66.9 cm³/mol. The molecule has 0 unspecified atom stereocenters. The van der Waals surface area contributed by atoms with E-state index in [4.69, 9.17) is 5.11 Å². The third-order valence-electron chi connectivity index (χ3n) is 2.31. The Hall–Kier alpha value is -1.59. The second-order valence-corrected chi connectivity index (χ2v) is 5.73. The maximum absolute atomic E-state index is 11.5. The number of carbonyl (C=O) groups excluding carboxylic acids is 2. The summed E-state index contributed by atoms with van der Waals surface area (Å²) < 4.78 is 0. The highest BCUT2D eigenvalue weighted by molar-refractivity contribution is 5.87. The molecule has 18 heavy (non-hydrogen) atoms. The second-order valence-electron chi connectivity index (χ2n) is 5.73. The minimum absolute atomic E-state index is 0.0541. The van der Waals surface area contributed by atoms with E-state index in [0.717, 1.165) is 0 Å². The zero-order chi connectivity index (χ0) is 14.6. The molecule has 0 spiro atoms. The first-order chi connectivity index (χ1) is 7.97. The van der Waals surface area contributed by atoms with Gasteiger partial charge < -0.3 is 15.7 Å². The molecule has 0 saturated heterocycles. The summed E-state index contributed by atoms with van der Waals surface area (Å²) in [4.78, 5) is 33.8. The molecule has 0 aromatic heterocycles. The van der Waals surface area contributed by atoms with Gasteiger partial charge in [-0.05, 0) is 13.8 Å². The Bertz CT molecular complexity index is 342. The van der Waals surface area contributed by atoms with Crippen LogP contribution in [0.25, 0.3) is 0 Å². The zero-order valence-corrected chi connectivity index (χ0v) is 11.6. The Morgan fingerprint density at radius 1 is 1.06 bits per heavy atom. The normalized spacial score (nSPS) is 11.8. The van der Waals surface area contributed by atoms with Crippen LogP contribution < -0.4 is 10.6 Å². The summed E-state index contributed by atoms with van der Waals surface area (Å²) in [6.45, 7) is 8.32. The van der Waals surface area contributed by atoms with Gasteiger partial charge in [-0.25, -0.2) is 4.79 Å². The molecule has 0 saturated carbocycles. The summed E-state index contributed by atoms with van der Waals surface area (Å²) in [5.41, 5.74) is -1.80. The Morgan fingerprint density at radius 2 is 1.56 bits per heavy atom. The number of hydrogen-bond acceptors (Lipinski definition) is 3. The SMILES string of the molecule is CC(C)(C)C(=O)NCCC(=O)NC(C)(C)C(=O)O. The average Bonchev–Trinajstić information content (AvgIpc) is 2.14. The summed E-state index contributed by atoms with van der Waals surface area (Å²) in [6.07, 6.45) is 0.0541. The topological polar surface area (TPSA) is 95.5 Å². The van der Waals surface area contributed by atoms with E-state index in [1.54, 1.807) is 20.8 Å². The van der Waals surface area contributed by atoms with E-state index in [2.05, 4.69) is 10.6 Å². The molecule has 0 atom stereocenters. The standard InChI is InChI=1S/C12H22N2O4/c1-11(2,3)9(16)13-7-6-8(15)14-12(4,5)10(17)18/h6-7H2,1-5H3,(H,13,16)(H,14,15)(H,17,18). The van der Waals surface area contributed by atoms with E-state index in [9.17, 15) is 14.4 Å². The molecule has 6 nitrogen and oxygen atoms in total. The lowest BCUT2D eigenvalue weighted by Gasteiger charge is -2.21. The Morgan fingerprint density at radius 3 is 1.94 bits per heavy atom. The van der Waals surface area contributed by atoms with Gasteiger partial charge in [0.2, 0.25) is 11.8 Å². The summed E-state index contributed by atoms with van der Waals surface area (Å²) >= 11 is 0. The fourth-order valence-electron chi connectivity index (χ4n) is 1.02. The number of carbonyl (C=O) groups is 3. The Kier molecular flexibility index (Phi) is 5.32. The van der Waals surface area contributed by atoms with Crippen molar-refractivity contribution in [3.63, 3.8) is 0 Å². The second kappa shape index (κ2) is 5.84. The van der Waals surface area contributed by atoms with Crippen molar-refractivity contribution in [3.05, 3.63) is 0 Å². The first-order valence-corrected chi connectivity index (χ1v) is 5.79. The van der Waals surface area contributed by atoms with E-state index in [0.29, 0.717) is 0 Å². The van der Waals surface area contributed by atoms with Crippen molar-refractivity contribution in [2.75, 3.05) is 6.54 Å². The van der Waals surface area contributed by atoms with Gasteiger partial charge >= 0.3 is 5.97 Å². The van der Waals surface area contributed by atoms with Crippen molar-refractivity contribution < 1.29 is 19.5 Å². The largest absolute Gasteiger partial charge is 0.480 e. The predicted octanol–water partition coefficient (Wildman–Crippen LogP) is 0.518. The molecular weight excluding hydrogens is 236 g/mol. The molecule has 0 fully saturated rings. The van der Waals surface area contributed by atoms with Crippen molar-refractivity contribution >= 4 is 17.8 Å². The maximum atomic E-state index is 11.5. The van der Waals surface area contributed by atoms with Gasteiger partial charge in [0.1, 0.15) is 5.54 Å². The van der Waals surface area contributed by atoms with E-state index >= 15 is 0 Å². The van der Waals surface area contributed by atoms with Gasteiger partial charge in [0.25, 0.3) is 0 Å². The third-order valence-corrected chi connectivity index (χ3v) is 2.31. The molecule has 0 aliphatic heterocycles. The monoisotopic (exact) mass is 258 g/mol. The Balaban J connectivity index is 4.08. The van der Waals surface area contributed by atoms with Crippen LogP contribution in [0.5, 0.6) is 0 Å². The van der Waals surface area contributed by atoms with Crippen LogP contribution in [0, 0.1) is 5.41 Å². The van der Waals surface area contributed by atoms with Gasteiger partial charge in [-0.2, -0.15) is 0 Å². The molecule has 2 amide bonds. The molecule has 0 aromatic carbocycles. The van der Waals surface area contributed by atoms with E-state index in [1.165, 1.54) is 13.8 Å². The molecule has 6 heteroatoms. The third kappa shape index (κ3) is 5.65. The highest BCUT2D eigenvalue weighted by Gasteiger charge is 2.28. The molecule has 104 valence electrons. The molecule has 0 aliphatic rings. The van der Waals surface area contributed by atoms with Crippen LogP contribution in [-0.4, -0.2) is 35.0 Å². The van der Waals surface area contributed by atoms with Crippen LogP contribution in [-0.2, 0) is 14.4 Å². The minimum atomic E-state index is -1.30. The number of amides is 2. The smallest absolute Gasteiger partial charge is 0.328 e. The summed E-state index contributed by atoms with van der Waals surface area (Å²) in [5.74, 6) is -1.65. The molecule has 0 bridgehead atoms. The molecular formula is C12H22N2O4. The lowest BCUT2D eigenvalue weighted by atomic mass is 9.96. The van der Waals surface area contributed by atoms with Gasteiger partial charge in [-0.3, -0.25) is 9.59 Å². The van der Waals surface area contributed by atoms with Crippen molar-refractivity contribution in [1.29, 1.82) is 0 Å². The summed E-state index contributed by atoms with van der Waals surface area (Å²) in [7, 11) is 0. The van der Waals surface area contributed by atoms with Crippen LogP contribution in [0.4, 0.5) is 0 Å².